The lowest BCUT2D eigenvalue weighted by atomic mass is 9.85. The first kappa shape index (κ1) is 30.4. The lowest BCUT2D eigenvalue weighted by Gasteiger charge is -2.28. The maximum atomic E-state index is 14.8. The van der Waals surface area contributed by atoms with Crippen molar-refractivity contribution in [3.05, 3.63) is 138 Å². The molecule has 0 spiro atoms. The SMILES string of the molecule is N#Cc1ccc(C(=O)C=C2NC(Cc3ccncc3)(Cc3ccncc3)C(=O)N2C2C3CN(S(=O)(=O)c4ccc(F)cc4)CC32)cc1. The van der Waals surface area contributed by atoms with Crippen molar-refractivity contribution in [2.75, 3.05) is 13.1 Å². The van der Waals surface area contributed by atoms with Gasteiger partial charge in [0.25, 0.3) is 5.91 Å². The quantitative estimate of drug-likeness (QED) is 0.215. The van der Waals surface area contributed by atoms with Crippen LogP contribution in [-0.4, -0.2) is 64.0 Å². The van der Waals surface area contributed by atoms with Crippen molar-refractivity contribution in [2.45, 2.75) is 29.3 Å². The maximum Gasteiger partial charge on any atom is 0.254 e. The molecular weight excluding hydrogens is 619 g/mol. The van der Waals surface area contributed by atoms with Crippen molar-refractivity contribution in [1.82, 2.24) is 24.5 Å². The number of hydrogen-bond donors (Lipinski definition) is 1. The summed E-state index contributed by atoms with van der Waals surface area (Å²) >= 11 is 0. The molecule has 4 heterocycles. The van der Waals surface area contributed by atoms with Gasteiger partial charge in [-0.15, -0.1) is 0 Å². The van der Waals surface area contributed by atoms with Gasteiger partial charge in [-0.25, -0.2) is 12.8 Å². The standard InChI is InChI=1S/C35H29FN6O4S/c36-27-5-7-28(8-6-27)47(45,46)41-21-29-30(22-41)33(29)42-32(17-31(43)26-3-1-25(20-37)2-4-26)40-35(34(42)44,18-23-9-13-38-14-10-23)19-24-11-15-39-16-12-24/h1-17,29-30,33,40H,18-19,21-22H2. The van der Waals surface area contributed by atoms with E-state index < -0.39 is 21.4 Å². The lowest BCUT2D eigenvalue weighted by Crippen LogP contribution is -2.51. The average Bonchev–Trinajstić information content (AvgIpc) is 3.41. The monoisotopic (exact) mass is 648 g/mol. The summed E-state index contributed by atoms with van der Waals surface area (Å²) in [5.74, 6) is -1.03. The largest absolute Gasteiger partial charge is 0.357 e. The molecule has 1 amide bonds. The molecule has 0 bridgehead atoms. The first-order valence-electron chi connectivity index (χ1n) is 15.1. The Morgan fingerprint density at radius 1 is 0.915 bits per heavy atom. The minimum Gasteiger partial charge on any atom is -0.357 e. The molecule has 0 radical (unpaired) electrons. The zero-order valence-electron chi connectivity index (χ0n) is 25.0. The summed E-state index contributed by atoms with van der Waals surface area (Å²) in [4.78, 5) is 38.2. The van der Waals surface area contributed by atoms with Gasteiger partial charge in [0, 0.05) is 80.2 Å². The zero-order valence-corrected chi connectivity index (χ0v) is 25.8. The summed E-state index contributed by atoms with van der Waals surface area (Å²) in [6, 6.07) is 20.1. The van der Waals surface area contributed by atoms with Crippen LogP contribution in [0.15, 0.2) is 114 Å². The number of benzene rings is 2. The Morgan fingerprint density at radius 2 is 1.47 bits per heavy atom. The van der Waals surface area contributed by atoms with Gasteiger partial charge in [0.2, 0.25) is 10.0 Å². The maximum absolute atomic E-state index is 14.8. The van der Waals surface area contributed by atoms with Crippen LogP contribution < -0.4 is 5.32 Å². The molecule has 2 aliphatic heterocycles. The number of fused-ring (bicyclic) bond motifs is 1. The number of nitriles is 1. The number of piperidine rings is 1. The highest BCUT2D eigenvalue weighted by Gasteiger charge is 2.65. The number of amides is 1. The van der Waals surface area contributed by atoms with E-state index in [1.54, 1.807) is 54.0 Å². The molecule has 1 saturated carbocycles. The Bertz CT molecular complexity index is 1960. The highest BCUT2D eigenvalue weighted by molar-refractivity contribution is 7.89. The van der Waals surface area contributed by atoms with Crippen molar-refractivity contribution in [2.24, 2.45) is 11.8 Å². The van der Waals surface area contributed by atoms with Crippen molar-refractivity contribution in [3.63, 3.8) is 0 Å². The van der Waals surface area contributed by atoms with E-state index in [1.807, 2.05) is 30.3 Å². The van der Waals surface area contributed by atoms with Gasteiger partial charge in [0.05, 0.1) is 16.5 Å². The Balaban J connectivity index is 1.23. The molecule has 4 aromatic rings. The molecule has 2 saturated heterocycles. The number of nitrogens with one attached hydrogen (secondary N) is 1. The number of pyridine rings is 2. The smallest absolute Gasteiger partial charge is 0.254 e. The highest BCUT2D eigenvalue weighted by Crippen LogP contribution is 2.53. The summed E-state index contributed by atoms with van der Waals surface area (Å²) in [5, 5.41) is 12.7. The van der Waals surface area contributed by atoms with Crippen LogP contribution in [0.25, 0.3) is 0 Å². The van der Waals surface area contributed by atoms with Gasteiger partial charge >= 0.3 is 0 Å². The van der Waals surface area contributed by atoms with Crippen LogP contribution in [0.3, 0.4) is 0 Å². The molecule has 12 heteroatoms. The second-order valence-corrected chi connectivity index (χ2v) is 14.1. The van der Waals surface area contributed by atoms with Crippen LogP contribution in [0.2, 0.25) is 0 Å². The molecule has 2 aromatic carbocycles. The van der Waals surface area contributed by atoms with Crippen molar-refractivity contribution in [3.8, 4) is 6.07 Å². The summed E-state index contributed by atoms with van der Waals surface area (Å²) < 4.78 is 41.6. The van der Waals surface area contributed by atoms with Gasteiger partial charge in [-0.1, -0.05) is 0 Å². The molecule has 1 N–H and O–H groups in total. The van der Waals surface area contributed by atoms with Crippen LogP contribution in [0.4, 0.5) is 4.39 Å². The second kappa shape index (κ2) is 11.8. The van der Waals surface area contributed by atoms with Crippen LogP contribution in [-0.2, 0) is 27.7 Å². The van der Waals surface area contributed by atoms with Crippen LogP contribution in [0, 0.1) is 29.0 Å². The second-order valence-electron chi connectivity index (χ2n) is 12.1. The molecule has 1 aliphatic carbocycles. The summed E-state index contributed by atoms with van der Waals surface area (Å²) in [5.41, 5.74) is 1.38. The third-order valence-corrected chi connectivity index (χ3v) is 11.0. The van der Waals surface area contributed by atoms with Crippen LogP contribution in [0.1, 0.15) is 27.0 Å². The van der Waals surface area contributed by atoms with Gasteiger partial charge < -0.3 is 5.32 Å². The number of hydrogen-bond acceptors (Lipinski definition) is 8. The number of rotatable bonds is 9. The first-order chi connectivity index (χ1) is 22.7. The normalized spacial score (nSPS) is 22.5. The molecule has 47 heavy (non-hydrogen) atoms. The number of allylic oxidation sites excluding steroid dienone is 1. The van der Waals surface area contributed by atoms with Gasteiger partial charge in [-0.2, -0.15) is 9.57 Å². The molecule has 2 atom stereocenters. The van der Waals surface area contributed by atoms with Crippen molar-refractivity contribution < 1.29 is 22.4 Å². The molecule has 3 fully saturated rings. The van der Waals surface area contributed by atoms with Crippen molar-refractivity contribution in [1.29, 1.82) is 5.26 Å². The Kier molecular flexibility index (Phi) is 7.66. The predicted molar refractivity (Wildman–Crippen MR) is 168 cm³/mol. The van der Waals surface area contributed by atoms with E-state index >= 15 is 0 Å². The number of aromatic nitrogens is 2. The summed E-state index contributed by atoms with van der Waals surface area (Å²) in [6.07, 6.45) is 8.70. The Hall–Kier alpha value is -5.25. The molecule has 2 aromatic heterocycles. The number of carbonyl (C=O) groups is 2. The fraction of sp³-hybridized carbons (Fsp3) is 0.229. The van der Waals surface area contributed by atoms with Gasteiger partial charge in [0.15, 0.2) is 5.78 Å². The van der Waals surface area contributed by atoms with Crippen LogP contribution >= 0.6 is 0 Å². The van der Waals surface area contributed by atoms with E-state index in [-0.39, 0.29) is 47.6 Å². The zero-order chi connectivity index (χ0) is 32.8. The fourth-order valence-electron chi connectivity index (χ4n) is 6.81. The minimum atomic E-state index is -3.85. The first-order valence-corrected chi connectivity index (χ1v) is 16.5. The molecule has 7 rings (SSSR count). The Morgan fingerprint density at radius 3 is 2.00 bits per heavy atom. The van der Waals surface area contributed by atoms with E-state index in [4.69, 9.17) is 0 Å². The van der Waals surface area contributed by atoms with Gasteiger partial charge in [0.1, 0.15) is 17.2 Å². The van der Waals surface area contributed by atoms with E-state index in [9.17, 15) is 27.7 Å². The molecule has 2 unspecified atom stereocenters. The summed E-state index contributed by atoms with van der Waals surface area (Å²) in [6.45, 7) is 0.384. The number of carbonyl (C=O) groups excluding carboxylic acids is 2. The predicted octanol–water partition coefficient (Wildman–Crippen LogP) is 3.49. The number of sulfonamides is 1. The molecule has 3 aliphatic rings. The van der Waals surface area contributed by atoms with E-state index in [0.717, 1.165) is 23.3 Å². The highest BCUT2D eigenvalue weighted by atomic mass is 32.2. The molecular formula is C35H29FN6O4S. The van der Waals surface area contributed by atoms with E-state index in [2.05, 4.69) is 15.3 Å². The third-order valence-electron chi connectivity index (χ3n) is 9.20. The van der Waals surface area contributed by atoms with Gasteiger partial charge in [-0.05, 0) is 83.9 Å². The topological polar surface area (TPSA) is 136 Å². The average molecular weight is 649 g/mol. The third kappa shape index (κ3) is 5.68. The fourth-order valence-corrected chi connectivity index (χ4v) is 8.32. The van der Waals surface area contributed by atoms with Crippen molar-refractivity contribution >= 4 is 21.7 Å². The Labute approximate surface area is 271 Å². The van der Waals surface area contributed by atoms with Gasteiger partial charge in [-0.3, -0.25) is 24.5 Å². The van der Waals surface area contributed by atoms with E-state index in [0.29, 0.717) is 29.8 Å². The number of halogens is 1. The number of nitrogens with zero attached hydrogens (tertiary/aromatic N) is 5. The summed E-state index contributed by atoms with van der Waals surface area (Å²) in [7, 11) is -3.85. The lowest BCUT2D eigenvalue weighted by molar-refractivity contribution is -0.132. The number of ketones is 1. The molecule has 236 valence electrons. The minimum absolute atomic E-state index is 0.0120. The van der Waals surface area contributed by atoms with Crippen LogP contribution in [0.5, 0.6) is 0 Å². The molecule has 10 nitrogen and oxygen atoms in total. The van der Waals surface area contributed by atoms with E-state index in [1.165, 1.54) is 22.5 Å².